The van der Waals surface area contributed by atoms with Crippen molar-refractivity contribution in [2.75, 3.05) is 29.5 Å². The lowest BCUT2D eigenvalue weighted by Crippen LogP contribution is -2.51. The van der Waals surface area contributed by atoms with Gasteiger partial charge in [0.1, 0.15) is 12.8 Å². The number of carbonyl (C=O) groups excluding carboxylic acids is 2. The van der Waals surface area contributed by atoms with E-state index in [9.17, 15) is 9.59 Å². The molecular weight excluding hydrogens is 406 g/mol. The highest BCUT2D eigenvalue weighted by Gasteiger charge is 2.37. The van der Waals surface area contributed by atoms with Gasteiger partial charge in [-0.1, -0.05) is 18.3 Å². The number of nitrogens with one attached hydrogen (secondary N) is 2. The molecule has 2 saturated heterocycles. The minimum Gasteiger partial charge on any atom is -0.447 e. The number of amides is 2. The second-order valence-electron chi connectivity index (χ2n) is 6.78. The molecule has 2 atom stereocenters. The zero-order valence-corrected chi connectivity index (χ0v) is 16.9. The van der Waals surface area contributed by atoms with Gasteiger partial charge in [-0.25, -0.2) is 9.59 Å². The molecule has 2 N–H and O–H groups in total. The maximum Gasteiger partial charge on any atom is 0.414 e. The molecule has 156 valence electrons. The molecule has 0 saturated carbocycles. The summed E-state index contributed by atoms with van der Waals surface area (Å²) >= 11 is 4.94. The third kappa shape index (κ3) is 4.34. The van der Waals surface area contributed by atoms with Crippen molar-refractivity contribution in [1.82, 2.24) is 15.6 Å². The highest BCUT2D eigenvalue weighted by molar-refractivity contribution is 7.78. The molecule has 2 amide bonds. The van der Waals surface area contributed by atoms with E-state index in [2.05, 4.69) is 15.6 Å². The molecule has 2 fully saturated rings. The van der Waals surface area contributed by atoms with Crippen LogP contribution in [0.15, 0.2) is 48.7 Å². The first-order valence-electron chi connectivity index (χ1n) is 9.51. The van der Waals surface area contributed by atoms with Gasteiger partial charge in [0.2, 0.25) is 0 Å². The summed E-state index contributed by atoms with van der Waals surface area (Å²) in [5.41, 5.74) is 3.68. The number of benzene rings is 1. The van der Waals surface area contributed by atoms with Crippen molar-refractivity contribution < 1.29 is 19.1 Å². The standard InChI is InChI=1S/C20H21N5O4S/c26-19-24(9-10-28-19)15-4-6-16(7-5-15)25-12-17(29-20(25)27)18(23-13-30)22-11-14-3-1-2-8-21-14/h1-8,13,17-18,22H,9-12H2,(H,23,30)/t17-,18?/m0/s1. The van der Waals surface area contributed by atoms with Crippen molar-refractivity contribution in [3.8, 4) is 0 Å². The predicted octanol–water partition coefficient (Wildman–Crippen LogP) is 2.03. The SMILES string of the molecule is O=C1OCCN1c1ccc(N2C[C@@H](C(NC=S)NCc3ccccn3)OC2=O)cc1. The molecule has 10 heteroatoms. The van der Waals surface area contributed by atoms with Gasteiger partial charge in [-0.05, 0) is 36.4 Å². The van der Waals surface area contributed by atoms with Crippen molar-refractivity contribution >= 4 is 41.3 Å². The molecule has 9 nitrogen and oxygen atoms in total. The first-order chi connectivity index (χ1) is 14.7. The summed E-state index contributed by atoms with van der Waals surface area (Å²) in [7, 11) is 0. The number of hydrogen-bond donors (Lipinski definition) is 2. The Kier molecular flexibility index (Phi) is 6.05. The van der Waals surface area contributed by atoms with Crippen LogP contribution in [0.2, 0.25) is 0 Å². The number of carbonyl (C=O) groups is 2. The van der Waals surface area contributed by atoms with Crippen molar-refractivity contribution in [2.24, 2.45) is 0 Å². The molecule has 30 heavy (non-hydrogen) atoms. The average molecular weight is 427 g/mol. The number of cyclic esters (lactones) is 2. The van der Waals surface area contributed by atoms with Gasteiger partial charge < -0.3 is 14.8 Å². The van der Waals surface area contributed by atoms with E-state index in [1.165, 1.54) is 5.49 Å². The van der Waals surface area contributed by atoms with Crippen LogP contribution in [-0.2, 0) is 16.0 Å². The van der Waals surface area contributed by atoms with E-state index < -0.39 is 12.2 Å². The van der Waals surface area contributed by atoms with Gasteiger partial charge in [0, 0.05) is 24.1 Å². The van der Waals surface area contributed by atoms with E-state index in [1.54, 1.807) is 40.3 Å². The number of anilines is 2. The third-order valence-corrected chi connectivity index (χ3v) is 5.05. The van der Waals surface area contributed by atoms with Crippen LogP contribution in [0.4, 0.5) is 21.0 Å². The van der Waals surface area contributed by atoms with E-state index >= 15 is 0 Å². The fraction of sp³-hybridized carbons (Fsp3) is 0.300. The highest BCUT2D eigenvalue weighted by Crippen LogP contribution is 2.26. The second-order valence-corrected chi connectivity index (χ2v) is 7.02. The van der Waals surface area contributed by atoms with Gasteiger partial charge in [0.15, 0.2) is 6.10 Å². The quantitative estimate of drug-likeness (QED) is 0.488. The van der Waals surface area contributed by atoms with Crippen LogP contribution < -0.4 is 20.4 Å². The Morgan fingerprint density at radius 3 is 2.53 bits per heavy atom. The Morgan fingerprint density at radius 2 is 1.90 bits per heavy atom. The molecule has 0 spiro atoms. The number of rotatable bonds is 8. The molecule has 1 aromatic heterocycles. The van der Waals surface area contributed by atoms with Crippen molar-refractivity contribution in [2.45, 2.75) is 18.8 Å². The van der Waals surface area contributed by atoms with E-state index in [0.717, 1.165) is 11.4 Å². The van der Waals surface area contributed by atoms with Crippen LogP contribution in [0.25, 0.3) is 0 Å². The molecule has 3 heterocycles. The molecule has 0 bridgehead atoms. The number of nitrogens with zero attached hydrogens (tertiary/aromatic N) is 3. The molecular formula is C20H21N5O4S. The number of thiocarbonyl (C=S) groups is 1. The minimum atomic E-state index is -0.450. The van der Waals surface area contributed by atoms with Crippen molar-refractivity contribution in [1.29, 1.82) is 0 Å². The van der Waals surface area contributed by atoms with Crippen molar-refractivity contribution in [3.63, 3.8) is 0 Å². The van der Waals surface area contributed by atoms with Crippen LogP contribution in [0, 0.1) is 0 Å². The van der Waals surface area contributed by atoms with Gasteiger partial charge in [-0.2, -0.15) is 0 Å². The monoisotopic (exact) mass is 427 g/mol. The Morgan fingerprint density at radius 1 is 1.13 bits per heavy atom. The molecule has 2 aliphatic heterocycles. The molecule has 4 rings (SSSR count). The molecule has 0 radical (unpaired) electrons. The van der Waals surface area contributed by atoms with Gasteiger partial charge in [0.25, 0.3) is 0 Å². The normalized spacial score (nSPS) is 19.4. The Bertz CT molecular complexity index is 911. The van der Waals surface area contributed by atoms with E-state index in [1.807, 2.05) is 18.2 Å². The summed E-state index contributed by atoms with van der Waals surface area (Å²) in [5, 5.41) is 6.32. The van der Waals surface area contributed by atoms with Crippen LogP contribution in [0.3, 0.4) is 0 Å². The zero-order valence-electron chi connectivity index (χ0n) is 16.1. The maximum absolute atomic E-state index is 12.5. The fourth-order valence-corrected chi connectivity index (χ4v) is 3.54. The molecule has 0 aliphatic carbocycles. The Balaban J connectivity index is 1.41. The Labute approximate surface area is 179 Å². The lowest BCUT2D eigenvalue weighted by molar-refractivity contribution is 0.113. The number of hydrogen-bond acceptors (Lipinski definition) is 7. The highest BCUT2D eigenvalue weighted by atomic mass is 32.1. The lowest BCUT2D eigenvalue weighted by atomic mass is 10.2. The zero-order chi connectivity index (χ0) is 20.9. The topological polar surface area (TPSA) is 96.0 Å². The van der Waals surface area contributed by atoms with Crippen LogP contribution in [0.5, 0.6) is 0 Å². The van der Waals surface area contributed by atoms with E-state index in [4.69, 9.17) is 21.7 Å². The van der Waals surface area contributed by atoms with Gasteiger partial charge in [-0.3, -0.25) is 20.1 Å². The van der Waals surface area contributed by atoms with E-state index in [-0.39, 0.29) is 12.3 Å². The minimum absolute atomic E-state index is 0.347. The Hall–Kier alpha value is -3.24. The summed E-state index contributed by atoms with van der Waals surface area (Å²) < 4.78 is 10.5. The average Bonchev–Trinajstić information content (AvgIpc) is 3.37. The summed E-state index contributed by atoms with van der Waals surface area (Å²) in [4.78, 5) is 31.6. The molecule has 2 aromatic rings. The molecule has 1 aromatic carbocycles. The maximum atomic E-state index is 12.5. The first kappa shape index (κ1) is 20.0. The number of ether oxygens (including phenoxy) is 2. The third-order valence-electron chi connectivity index (χ3n) is 4.92. The van der Waals surface area contributed by atoms with Crippen LogP contribution >= 0.6 is 12.2 Å². The number of aromatic nitrogens is 1. The first-order valence-corrected chi connectivity index (χ1v) is 9.98. The lowest BCUT2D eigenvalue weighted by Gasteiger charge is -2.23. The summed E-state index contributed by atoms with van der Waals surface area (Å²) in [6.07, 6.45) is 0.105. The van der Waals surface area contributed by atoms with Crippen LogP contribution in [-0.4, -0.2) is 54.6 Å². The largest absolute Gasteiger partial charge is 0.447 e. The summed E-state index contributed by atoms with van der Waals surface area (Å²) in [6.45, 7) is 1.73. The second kappa shape index (κ2) is 9.06. The molecule has 2 aliphatic rings. The van der Waals surface area contributed by atoms with E-state index in [0.29, 0.717) is 31.9 Å². The van der Waals surface area contributed by atoms with Gasteiger partial charge >= 0.3 is 12.2 Å². The van der Waals surface area contributed by atoms with Crippen LogP contribution in [0.1, 0.15) is 5.69 Å². The summed E-state index contributed by atoms with van der Waals surface area (Å²) in [6, 6.07) is 12.8. The number of pyridine rings is 1. The van der Waals surface area contributed by atoms with Gasteiger partial charge in [-0.15, -0.1) is 0 Å². The smallest absolute Gasteiger partial charge is 0.414 e. The molecule has 1 unspecified atom stereocenters. The summed E-state index contributed by atoms with van der Waals surface area (Å²) in [5.74, 6) is 0. The van der Waals surface area contributed by atoms with Crippen molar-refractivity contribution in [3.05, 3.63) is 54.4 Å². The fourth-order valence-electron chi connectivity index (χ4n) is 3.40. The van der Waals surface area contributed by atoms with Gasteiger partial charge in [0.05, 0.1) is 24.3 Å². The predicted molar refractivity (Wildman–Crippen MR) is 114 cm³/mol.